The highest BCUT2D eigenvalue weighted by atomic mass is 19.1. The van der Waals surface area contributed by atoms with E-state index in [4.69, 9.17) is 0 Å². The van der Waals surface area contributed by atoms with E-state index in [1.54, 1.807) is 12.4 Å². The highest BCUT2D eigenvalue weighted by molar-refractivity contribution is 5.93. The lowest BCUT2D eigenvalue weighted by Crippen LogP contribution is -1.86. The molecule has 0 amide bonds. The first-order chi connectivity index (χ1) is 8.34. The number of rotatable bonds is 1. The van der Waals surface area contributed by atoms with Crippen molar-refractivity contribution in [1.82, 2.24) is 9.97 Å². The molecule has 0 aliphatic heterocycles. The van der Waals surface area contributed by atoms with Crippen LogP contribution in [0.5, 0.6) is 0 Å². The molecule has 2 heterocycles. The van der Waals surface area contributed by atoms with Crippen molar-refractivity contribution in [3.05, 3.63) is 60.8 Å². The second-order valence-electron chi connectivity index (χ2n) is 3.77. The van der Waals surface area contributed by atoms with E-state index in [0.29, 0.717) is 0 Å². The maximum atomic E-state index is 13.2. The third-order valence-corrected chi connectivity index (χ3v) is 2.65. The van der Waals surface area contributed by atoms with Crippen LogP contribution in [0, 0.1) is 5.82 Å². The number of hydrogen-bond donors (Lipinski definition) is 0. The summed E-state index contributed by atoms with van der Waals surface area (Å²) in [5.41, 5.74) is 2.51. The third-order valence-electron chi connectivity index (χ3n) is 2.65. The van der Waals surface area contributed by atoms with Gasteiger partial charge in [-0.05, 0) is 12.1 Å². The number of para-hydroxylation sites is 1. The third kappa shape index (κ3) is 1.76. The fourth-order valence-electron chi connectivity index (χ4n) is 1.90. The number of aromatic nitrogens is 2. The quantitative estimate of drug-likeness (QED) is 0.632. The van der Waals surface area contributed by atoms with Gasteiger partial charge in [-0.25, -0.2) is 4.39 Å². The number of pyridine rings is 2. The van der Waals surface area contributed by atoms with Gasteiger partial charge >= 0.3 is 0 Å². The van der Waals surface area contributed by atoms with Crippen molar-refractivity contribution in [3.63, 3.8) is 0 Å². The summed E-state index contributed by atoms with van der Waals surface area (Å²) >= 11 is 0. The average Bonchev–Trinajstić information content (AvgIpc) is 2.38. The Morgan fingerprint density at radius 2 is 1.88 bits per heavy atom. The van der Waals surface area contributed by atoms with Crippen LogP contribution in [0.2, 0.25) is 0 Å². The molecule has 3 heteroatoms. The summed E-state index contributed by atoms with van der Waals surface area (Å²) in [6.45, 7) is 0. The smallest absolute Gasteiger partial charge is 0.142 e. The van der Waals surface area contributed by atoms with E-state index in [2.05, 4.69) is 9.97 Å². The second-order valence-corrected chi connectivity index (χ2v) is 3.77. The zero-order valence-corrected chi connectivity index (χ0v) is 8.97. The lowest BCUT2D eigenvalue weighted by Gasteiger charge is -2.05. The van der Waals surface area contributed by atoms with Crippen molar-refractivity contribution in [2.45, 2.75) is 0 Å². The molecule has 0 aliphatic rings. The summed E-state index contributed by atoms with van der Waals surface area (Å²) in [5, 5.41) is 1.04. The van der Waals surface area contributed by atoms with Gasteiger partial charge in [-0.1, -0.05) is 24.3 Å². The molecule has 0 aliphatic carbocycles. The fourth-order valence-corrected chi connectivity index (χ4v) is 1.90. The predicted molar refractivity (Wildman–Crippen MR) is 64.9 cm³/mol. The van der Waals surface area contributed by atoms with Crippen LogP contribution in [-0.2, 0) is 0 Å². The molecule has 0 atom stereocenters. The van der Waals surface area contributed by atoms with Crippen LogP contribution in [0.3, 0.4) is 0 Å². The SMILES string of the molecule is Fc1cncc(-c2cccc3cccnc23)c1. The molecule has 0 radical (unpaired) electrons. The summed E-state index contributed by atoms with van der Waals surface area (Å²) in [6, 6.07) is 11.2. The second kappa shape index (κ2) is 3.94. The molecule has 1 aromatic carbocycles. The normalized spacial score (nSPS) is 10.6. The topological polar surface area (TPSA) is 25.8 Å². The molecule has 0 saturated heterocycles. The van der Waals surface area contributed by atoms with Gasteiger partial charge in [0.2, 0.25) is 0 Å². The van der Waals surface area contributed by atoms with E-state index in [-0.39, 0.29) is 5.82 Å². The van der Waals surface area contributed by atoms with Crippen molar-refractivity contribution in [3.8, 4) is 11.1 Å². The molecule has 0 bridgehead atoms. The first-order valence-corrected chi connectivity index (χ1v) is 5.29. The first-order valence-electron chi connectivity index (χ1n) is 5.29. The van der Waals surface area contributed by atoms with E-state index < -0.39 is 0 Å². The summed E-state index contributed by atoms with van der Waals surface area (Å²) < 4.78 is 13.2. The summed E-state index contributed by atoms with van der Waals surface area (Å²) in [6.07, 6.45) is 4.58. The van der Waals surface area contributed by atoms with E-state index in [1.807, 2.05) is 30.3 Å². The minimum atomic E-state index is -0.338. The highest BCUT2D eigenvalue weighted by Gasteiger charge is 2.05. The standard InChI is InChI=1S/C14H9FN2/c15-12-7-11(8-16-9-12)13-5-1-3-10-4-2-6-17-14(10)13/h1-9H. The molecule has 2 nitrogen and oxygen atoms in total. The Hall–Kier alpha value is -2.29. The first kappa shape index (κ1) is 9.90. The number of halogens is 1. The van der Waals surface area contributed by atoms with Crippen LogP contribution in [0.25, 0.3) is 22.0 Å². The zero-order chi connectivity index (χ0) is 11.7. The van der Waals surface area contributed by atoms with Crippen molar-refractivity contribution in [1.29, 1.82) is 0 Å². The summed E-state index contributed by atoms with van der Waals surface area (Å²) in [4.78, 5) is 8.20. The molecule has 2 aromatic heterocycles. The Bertz CT molecular complexity index is 674. The molecule has 3 rings (SSSR count). The molecule has 82 valence electrons. The van der Waals surface area contributed by atoms with E-state index in [1.165, 1.54) is 12.3 Å². The van der Waals surface area contributed by atoms with Crippen LogP contribution in [0.1, 0.15) is 0 Å². The molecule has 3 aromatic rings. The molecule has 0 fully saturated rings. The maximum absolute atomic E-state index is 13.2. The Morgan fingerprint density at radius 3 is 2.76 bits per heavy atom. The van der Waals surface area contributed by atoms with E-state index in [9.17, 15) is 4.39 Å². The molecule has 0 spiro atoms. The molecule has 0 saturated carbocycles. The van der Waals surface area contributed by atoms with Crippen molar-refractivity contribution in [2.24, 2.45) is 0 Å². The van der Waals surface area contributed by atoms with Gasteiger partial charge in [0.25, 0.3) is 0 Å². The van der Waals surface area contributed by atoms with Gasteiger partial charge in [0.05, 0.1) is 11.7 Å². The van der Waals surface area contributed by atoms with Crippen molar-refractivity contribution < 1.29 is 4.39 Å². The van der Waals surface area contributed by atoms with E-state index >= 15 is 0 Å². The highest BCUT2D eigenvalue weighted by Crippen LogP contribution is 2.26. The molecule has 0 N–H and O–H groups in total. The van der Waals surface area contributed by atoms with E-state index in [0.717, 1.165) is 22.0 Å². The lowest BCUT2D eigenvalue weighted by molar-refractivity contribution is 0.622. The van der Waals surface area contributed by atoms with Crippen LogP contribution in [-0.4, -0.2) is 9.97 Å². The number of nitrogens with zero attached hydrogens (tertiary/aromatic N) is 2. The maximum Gasteiger partial charge on any atom is 0.142 e. The number of hydrogen-bond acceptors (Lipinski definition) is 2. The Labute approximate surface area is 97.8 Å². The zero-order valence-electron chi connectivity index (χ0n) is 8.97. The lowest BCUT2D eigenvalue weighted by atomic mass is 10.0. The summed E-state index contributed by atoms with van der Waals surface area (Å²) in [7, 11) is 0. The van der Waals surface area contributed by atoms with Crippen LogP contribution < -0.4 is 0 Å². The van der Waals surface area contributed by atoms with Crippen molar-refractivity contribution in [2.75, 3.05) is 0 Å². The van der Waals surface area contributed by atoms with Gasteiger partial charge < -0.3 is 0 Å². The van der Waals surface area contributed by atoms with Gasteiger partial charge in [-0.2, -0.15) is 0 Å². The van der Waals surface area contributed by atoms with Gasteiger partial charge in [0, 0.05) is 28.9 Å². The van der Waals surface area contributed by atoms with Crippen LogP contribution >= 0.6 is 0 Å². The van der Waals surface area contributed by atoms with Crippen molar-refractivity contribution >= 4 is 10.9 Å². The Kier molecular flexibility index (Phi) is 2.29. The largest absolute Gasteiger partial charge is 0.261 e. The minimum Gasteiger partial charge on any atom is -0.261 e. The number of fused-ring (bicyclic) bond motifs is 1. The average molecular weight is 224 g/mol. The molecular weight excluding hydrogens is 215 g/mol. The van der Waals surface area contributed by atoms with Crippen LogP contribution in [0.4, 0.5) is 4.39 Å². The predicted octanol–water partition coefficient (Wildman–Crippen LogP) is 3.44. The minimum absolute atomic E-state index is 0.338. The fraction of sp³-hybridized carbons (Fsp3) is 0. The molecule has 0 unspecified atom stereocenters. The van der Waals surface area contributed by atoms with Crippen LogP contribution in [0.15, 0.2) is 55.0 Å². The van der Waals surface area contributed by atoms with Gasteiger partial charge in [0.1, 0.15) is 5.82 Å². The van der Waals surface area contributed by atoms with Gasteiger partial charge in [-0.3, -0.25) is 9.97 Å². The van der Waals surface area contributed by atoms with Gasteiger partial charge in [-0.15, -0.1) is 0 Å². The number of benzene rings is 1. The monoisotopic (exact) mass is 224 g/mol. The summed E-state index contributed by atoms with van der Waals surface area (Å²) in [5.74, 6) is -0.338. The Morgan fingerprint density at radius 1 is 1.00 bits per heavy atom. The Balaban J connectivity index is 2.30. The molecule has 17 heavy (non-hydrogen) atoms. The van der Waals surface area contributed by atoms with Gasteiger partial charge in [0.15, 0.2) is 0 Å². The molecular formula is C14H9FN2.